The number of rotatable bonds is 4. The zero-order valence-corrected chi connectivity index (χ0v) is 14.5. The van der Waals surface area contributed by atoms with E-state index in [1.807, 2.05) is 44.2 Å². The number of benzene rings is 2. The number of hydrogen-bond donors (Lipinski definition) is 2. The first kappa shape index (κ1) is 18.2. The number of nitrogens with two attached hydrogens (primary N) is 1. The van der Waals surface area contributed by atoms with E-state index < -0.39 is 0 Å². The van der Waals surface area contributed by atoms with Crippen LogP contribution in [0.15, 0.2) is 54.6 Å². The lowest BCUT2D eigenvalue weighted by Gasteiger charge is -2.35. The third-order valence-electron chi connectivity index (χ3n) is 4.14. The number of primary amides is 1. The monoisotopic (exact) mass is 325 g/mol. The summed E-state index contributed by atoms with van der Waals surface area (Å²) in [5, 5.41) is 3.39. The predicted octanol–water partition coefficient (Wildman–Crippen LogP) is 2.81. The average Bonchev–Trinajstić information content (AvgIpc) is 2.66. The largest absolute Gasteiger partial charge is 0.366 e. The summed E-state index contributed by atoms with van der Waals surface area (Å²) in [6.07, 6.45) is 0. The van der Waals surface area contributed by atoms with Crippen LogP contribution in [0.5, 0.6) is 0 Å². The molecule has 0 radical (unpaired) electrons. The number of carbonyl (C=O) groups excluding carboxylic acids is 1. The number of hydrogen-bond acceptors (Lipinski definition) is 3. The molecule has 4 heteroatoms. The number of nitrogens with zero attached hydrogens (tertiary/aromatic N) is 1. The van der Waals surface area contributed by atoms with Crippen LogP contribution in [-0.4, -0.2) is 37.0 Å². The Morgan fingerprint density at radius 2 is 1.50 bits per heavy atom. The van der Waals surface area contributed by atoms with Crippen molar-refractivity contribution < 1.29 is 4.79 Å². The summed E-state index contributed by atoms with van der Waals surface area (Å²) in [5.41, 5.74) is 8.35. The summed E-state index contributed by atoms with van der Waals surface area (Å²) in [7, 11) is 0. The summed E-state index contributed by atoms with van der Waals surface area (Å²) in [6.45, 7) is 8.03. The molecule has 2 aromatic rings. The summed E-state index contributed by atoms with van der Waals surface area (Å²) in [4.78, 5) is 13.7. The summed E-state index contributed by atoms with van der Waals surface area (Å²) >= 11 is 0. The highest BCUT2D eigenvalue weighted by molar-refractivity contribution is 5.92. The second-order valence-electron chi connectivity index (χ2n) is 5.59. The highest BCUT2D eigenvalue weighted by atomic mass is 16.1. The molecule has 1 aliphatic heterocycles. The molecule has 1 unspecified atom stereocenters. The van der Waals surface area contributed by atoms with Crippen LogP contribution < -0.4 is 11.1 Å². The minimum Gasteiger partial charge on any atom is -0.366 e. The van der Waals surface area contributed by atoms with Gasteiger partial charge in [-0.2, -0.15) is 0 Å². The van der Waals surface area contributed by atoms with Crippen LogP contribution in [-0.2, 0) is 0 Å². The molecule has 0 saturated carbocycles. The Labute approximate surface area is 144 Å². The predicted molar refractivity (Wildman–Crippen MR) is 99.0 cm³/mol. The molecule has 0 bridgehead atoms. The molecule has 0 aromatic heterocycles. The maximum absolute atomic E-state index is 11.3. The van der Waals surface area contributed by atoms with Crippen molar-refractivity contribution in [3.05, 3.63) is 71.3 Å². The fourth-order valence-corrected chi connectivity index (χ4v) is 3.02. The first-order valence-corrected chi connectivity index (χ1v) is 8.65. The first-order valence-electron chi connectivity index (χ1n) is 8.65. The molecule has 128 valence electrons. The van der Waals surface area contributed by atoms with Crippen molar-refractivity contribution >= 4 is 5.91 Å². The molecule has 1 aliphatic rings. The maximum Gasteiger partial charge on any atom is 0.248 e. The Morgan fingerprint density at radius 3 is 2.04 bits per heavy atom. The quantitative estimate of drug-likeness (QED) is 0.909. The van der Waals surface area contributed by atoms with Crippen molar-refractivity contribution in [2.24, 2.45) is 5.73 Å². The Balaban J connectivity index is 0.00000100. The van der Waals surface area contributed by atoms with Gasteiger partial charge in [0.05, 0.1) is 6.04 Å². The molecule has 3 N–H and O–H groups in total. The minimum atomic E-state index is -0.384. The molecule has 0 spiro atoms. The fraction of sp³-hybridized carbons (Fsp3) is 0.350. The SMILES string of the molecule is CC.NC(=O)c1ccc(C(c2ccccc2)N2CCNCC2)cc1. The molecule has 24 heavy (non-hydrogen) atoms. The third-order valence-corrected chi connectivity index (χ3v) is 4.14. The van der Waals surface area contributed by atoms with Gasteiger partial charge in [0, 0.05) is 31.7 Å². The summed E-state index contributed by atoms with van der Waals surface area (Å²) in [5.74, 6) is -0.384. The second kappa shape index (κ2) is 9.21. The van der Waals surface area contributed by atoms with Gasteiger partial charge in [0.15, 0.2) is 0 Å². The van der Waals surface area contributed by atoms with Crippen molar-refractivity contribution in [2.75, 3.05) is 26.2 Å². The Bertz CT molecular complexity index is 619. The van der Waals surface area contributed by atoms with E-state index in [2.05, 4.69) is 34.5 Å². The standard InChI is InChI=1S/C18H21N3O.C2H6/c19-18(22)16-8-6-15(7-9-16)17(14-4-2-1-3-5-14)21-12-10-20-11-13-21;1-2/h1-9,17,20H,10-13H2,(H2,19,22);1-2H3. The number of amides is 1. The van der Waals surface area contributed by atoms with Crippen molar-refractivity contribution in [3.63, 3.8) is 0 Å². The van der Waals surface area contributed by atoms with E-state index >= 15 is 0 Å². The lowest BCUT2D eigenvalue weighted by Crippen LogP contribution is -2.45. The van der Waals surface area contributed by atoms with Gasteiger partial charge >= 0.3 is 0 Å². The Hall–Kier alpha value is -2.17. The topological polar surface area (TPSA) is 58.4 Å². The van der Waals surface area contributed by atoms with Crippen LogP contribution in [0.2, 0.25) is 0 Å². The van der Waals surface area contributed by atoms with Crippen LogP contribution in [0, 0.1) is 0 Å². The molecule has 4 nitrogen and oxygen atoms in total. The molecular weight excluding hydrogens is 298 g/mol. The van der Waals surface area contributed by atoms with Gasteiger partial charge in [0.1, 0.15) is 0 Å². The van der Waals surface area contributed by atoms with E-state index in [1.165, 1.54) is 11.1 Å². The average molecular weight is 325 g/mol. The van der Waals surface area contributed by atoms with Gasteiger partial charge in [-0.3, -0.25) is 9.69 Å². The van der Waals surface area contributed by atoms with Crippen LogP contribution in [0.4, 0.5) is 0 Å². The maximum atomic E-state index is 11.3. The van der Waals surface area contributed by atoms with Crippen molar-refractivity contribution in [1.29, 1.82) is 0 Å². The zero-order chi connectivity index (χ0) is 17.4. The van der Waals surface area contributed by atoms with E-state index in [-0.39, 0.29) is 11.9 Å². The molecule has 1 heterocycles. The van der Waals surface area contributed by atoms with Gasteiger partial charge in [0.2, 0.25) is 5.91 Å². The van der Waals surface area contributed by atoms with Gasteiger partial charge in [-0.1, -0.05) is 56.3 Å². The normalized spacial score (nSPS) is 15.9. The first-order chi connectivity index (χ1) is 11.8. The van der Waals surface area contributed by atoms with Crippen molar-refractivity contribution in [3.8, 4) is 0 Å². The van der Waals surface area contributed by atoms with Gasteiger partial charge in [-0.15, -0.1) is 0 Å². The highest BCUT2D eigenvalue weighted by Crippen LogP contribution is 2.29. The smallest absolute Gasteiger partial charge is 0.248 e. The van der Waals surface area contributed by atoms with E-state index in [4.69, 9.17) is 5.73 Å². The van der Waals surface area contributed by atoms with Crippen molar-refractivity contribution in [2.45, 2.75) is 19.9 Å². The molecule has 2 aromatic carbocycles. The number of piperazine rings is 1. The van der Waals surface area contributed by atoms with Crippen molar-refractivity contribution in [1.82, 2.24) is 10.2 Å². The van der Waals surface area contributed by atoms with Crippen LogP contribution in [0.1, 0.15) is 41.4 Å². The Kier molecular flexibility index (Phi) is 6.97. The molecule has 1 amide bonds. The van der Waals surface area contributed by atoms with Crippen LogP contribution in [0.25, 0.3) is 0 Å². The fourth-order valence-electron chi connectivity index (χ4n) is 3.02. The lowest BCUT2D eigenvalue weighted by molar-refractivity contribution is 0.1000. The van der Waals surface area contributed by atoms with Gasteiger partial charge in [-0.25, -0.2) is 0 Å². The van der Waals surface area contributed by atoms with Crippen LogP contribution >= 0.6 is 0 Å². The third kappa shape index (κ3) is 4.43. The van der Waals surface area contributed by atoms with E-state index in [9.17, 15) is 4.79 Å². The summed E-state index contributed by atoms with van der Waals surface area (Å²) in [6, 6.07) is 18.4. The number of nitrogens with one attached hydrogen (secondary N) is 1. The molecule has 1 fully saturated rings. The number of carbonyl (C=O) groups is 1. The van der Waals surface area contributed by atoms with E-state index in [0.717, 1.165) is 26.2 Å². The van der Waals surface area contributed by atoms with E-state index in [0.29, 0.717) is 5.56 Å². The summed E-state index contributed by atoms with van der Waals surface area (Å²) < 4.78 is 0. The van der Waals surface area contributed by atoms with Crippen LogP contribution in [0.3, 0.4) is 0 Å². The molecular formula is C20H27N3O. The lowest BCUT2D eigenvalue weighted by atomic mass is 9.95. The minimum absolute atomic E-state index is 0.213. The molecule has 1 atom stereocenters. The molecule has 1 saturated heterocycles. The van der Waals surface area contributed by atoms with E-state index in [1.54, 1.807) is 0 Å². The highest BCUT2D eigenvalue weighted by Gasteiger charge is 2.23. The van der Waals surface area contributed by atoms with Gasteiger partial charge in [-0.05, 0) is 23.3 Å². The van der Waals surface area contributed by atoms with Gasteiger partial charge < -0.3 is 11.1 Å². The molecule has 3 rings (SSSR count). The molecule has 0 aliphatic carbocycles. The second-order valence-corrected chi connectivity index (χ2v) is 5.59. The Morgan fingerprint density at radius 1 is 0.958 bits per heavy atom. The zero-order valence-electron chi connectivity index (χ0n) is 14.5. The van der Waals surface area contributed by atoms with Gasteiger partial charge in [0.25, 0.3) is 0 Å².